The topological polar surface area (TPSA) is 42.2 Å². The lowest BCUT2D eigenvalue weighted by molar-refractivity contribution is -0.111. The molecular formula is C21H17Cl2NO2. The van der Waals surface area contributed by atoms with Crippen molar-refractivity contribution in [2.24, 2.45) is 0 Å². The Kier molecular flexibility index (Phi) is 5.50. The third-order valence-corrected chi connectivity index (χ3v) is 4.74. The van der Waals surface area contributed by atoms with Crippen LogP contribution in [0.4, 0.5) is 5.69 Å². The third kappa shape index (κ3) is 4.37. The van der Waals surface area contributed by atoms with E-state index >= 15 is 0 Å². The standard InChI is InChI=1S/C21H17Cl2NO2/c1-13-3-5-15(11-18(13)22)20-9-7-17(26-20)8-10-21(25)24-16-6-4-14(2)19(23)12-16/h3-12H,1-2H3,(H,24,25)/b10-8+. The third-order valence-electron chi connectivity index (χ3n) is 3.92. The number of halogens is 2. The number of furan rings is 1. The first-order chi connectivity index (χ1) is 12.4. The van der Waals surface area contributed by atoms with Gasteiger partial charge in [-0.25, -0.2) is 0 Å². The molecule has 0 fully saturated rings. The summed E-state index contributed by atoms with van der Waals surface area (Å²) in [7, 11) is 0. The molecule has 0 aliphatic rings. The highest BCUT2D eigenvalue weighted by molar-refractivity contribution is 6.32. The van der Waals surface area contributed by atoms with E-state index in [0.29, 0.717) is 27.3 Å². The molecule has 1 aromatic heterocycles. The van der Waals surface area contributed by atoms with E-state index in [2.05, 4.69) is 5.32 Å². The molecule has 0 saturated carbocycles. The van der Waals surface area contributed by atoms with Crippen molar-refractivity contribution in [1.82, 2.24) is 0 Å². The van der Waals surface area contributed by atoms with Crippen LogP contribution in [0.15, 0.2) is 59.0 Å². The van der Waals surface area contributed by atoms with Crippen LogP contribution < -0.4 is 5.32 Å². The van der Waals surface area contributed by atoms with Gasteiger partial charge in [0, 0.05) is 27.4 Å². The Morgan fingerprint density at radius 1 is 0.962 bits per heavy atom. The van der Waals surface area contributed by atoms with Gasteiger partial charge in [-0.15, -0.1) is 0 Å². The molecule has 0 unspecified atom stereocenters. The van der Waals surface area contributed by atoms with Crippen LogP contribution in [0.1, 0.15) is 16.9 Å². The lowest BCUT2D eigenvalue weighted by atomic mass is 10.1. The highest BCUT2D eigenvalue weighted by Gasteiger charge is 2.06. The fourth-order valence-corrected chi connectivity index (χ4v) is 2.72. The Morgan fingerprint density at radius 2 is 1.65 bits per heavy atom. The van der Waals surface area contributed by atoms with Gasteiger partial charge in [-0.3, -0.25) is 4.79 Å². The molecule has 132 valence electrons. The van der Waals surface area contributed by atoms with E-state index in [0.717, 1.165) is 16.7 Å². The Labute approximate surface area is 162 Å². The monoisotopic (exact) mass is 385 g/mol. The number of amides is 1. The lowest BCUT2D eigenvalue weighted by Gasteiger charge is -2.04. The van der Waals surface area contributed by atoms with Crippen molar-refractivity contribution in [2.45, 2.75) is 13.8 Å². The maximum atomic E-state index is 12.0. The summed E-state index contributed by atoms with van der Waals surface area (Å²) in [6, 6.07) is 14.8. The Morgan fingerprint density at radius 3 is 2.35 bits per heavy atom. The number of aryl methyl sites for hydroxylation is 2. The minimum absolute atomic E-state index is 0.263. The van der Waals surface area contributed by atoms with E-state index in [-0.39, 0.29) is 5.91 Å². The molecule has 0 bridgehead atoms. The second kappa shape index (κ2) is 7.81. The van der Waals surface area contributed by atoms with E-state index in [1.807, 2.05) is 44.2 Å². The highest BCUT2D eigenvalue weighted by Crippen LogP contribution is 2.27. The van der Waals surface area contributed by atoms with Gasteiger partial charge < -0.3 is 9.73 Å². The maximum absolute atomic E-state index is 12.0. The quantitative estimate of drug-likeness (QED) is 0.519. The summed E-state index contributed by atoms with van der Waals surface area (Å²) < 4.78 is 5.75. The number of carbonyl (C=O) groups is 1. The summed E-state index contributed by atoms with van der Waals surface area (Å²) >= 11 is 12.2. The van der Waals surface area contributed by atoms with Crippen molar-refractivity contribution in [2.75, 3.05) is 5.32 Å². The summed E-state index contributed by atoms with van der Waals surface area (Å²) in [5.74, 6) is 1.01. The maximum Gasteiger partial charge on any atom is 0.248 e. The van der Waals surface area contributed by atoms with Crippen molar-refractivity contribution in [3.8, 4) is 11.3 Å². The normalized spacial score (nSPS) is 11.1. The molecule has 1 amide bonds. The van der Waals surface area contributed by atoms with Gasteiger partial charge in [0.05, 0.1) is 0 Å². The van der Waals surface area contributed by atoms with Gasteiger partial charge in [-0.05, 0) is 61.4 Å². The van der Waals surface area contributed by atoms with Gasteiger partial charge in [0.15, 0.2) is 0 Å². The molecule has 3 nitrogen and oxygen atoms in total. The summed E-state index contributed by atoms with van der Waals surface area (Å²) in [5.41, 5.74) is 3.50. The van der Waals surface area contributed by atoms with Crippen LogP contribution >= 0.6 is 23.2 Å². The van der Waals surface area contributed by atoms with Gasteiger partial charge in [0.2, 0.25) is 5.91 Å². The average molecular weight is 386 g/mol. The highest BCUT2D eigenvalue weighted by atomic mass is 35.5. The molecule has 0 radical (unpaired) electrons. The minimum Gasteiger partial charge on any atom is -0.457 e. The van der Waals surface area contributed by atoms with E-state index in [9.17, 15) is 4.79 Å². The Balaban J connectivity index is 1.68. The van der Waals surface area contributed by atoms with Gasteiger partial charge in [-0.1, -0.05) is 41.4 Å². The van der Waals surface area contributed by atoms with Crippen LogP contribution in [0.3, 0.4) is 0 Å². The van der Waals surface area contributed by atoms with Crippen LogP contribution in [0.5, 0.6) is 0 Å². The van der Waals surface area contributed by atoms with Crippen molar-refractivity contribution in [3.63, 3.8) is 0 Å². The SMILES string of the molecule is Cc1ccc(NC(=O)/C=C/c2ccc(-c3ccc(C)c(Cl)c3)o2)cc1Cl. The predicted molar refractivity (Wildman–Crippen MR) is 108 cm³/mol. The molecule has 3 aromatic rings. The number of carbonyl (C=O) groups excluding carboxylic acids is 1. The Bertz CT molecular complexity index is 989. The number of benzene rings is 2. The fraction of sp³-hybridized carbons (Fsp3) is 0.0952. The van der Waals surface area contributed by atoms with Crippen molar-refractivity contribution in [3.05, 3.63) is 81.5 Å². The van der Waals surface area contributed by atoms with Gasteiger partial charge in [0.1, 0.15) is 11.5 Å². The fourth-order valence-electron chi connectivity index (χ4n) is 2.36. The molecular weight excluding hydrogens is 369 g/mol. The van der Waals surface area contributed by atoms with E-state index < -0.39 is 0 Å². The van der Waals surface area contributed by atoms with Crippen molar-refractivity contribution in [1.29, 1.82) is 0 Å². The molecule has 0 atom stereocenters. The number of anilines is 1. The van der Waals surface area contributed by atoms with Crippen LogP contribution in [0.25, 0.3) is 17.4 Å². The summed E-state index contributed by atoms with van der Waals surface area (Å²) in [5, 5.41) is 4.06. The predicted octanol–water partition coefficient (Wildman–Crippen LogP) is 6.52. The van der Waals surface area contributed by atoms with E-state index in [1.54, 1.807) is 24.3 Å². The van der Waals surface area contributed by atoms with Gasteiger partial charge in [-0.2, -0.15) is 0 Å². The van der Waals surface area contributed by atoms with Crippen LogP contribution in [-0.2, 0) is 4.79 Å². The summed E-state index contributed by atoms with van der Waals surface area (Å²) in [6.45, 7) is 3.85. The van der Waals surface area contributed by atoms with Crippen LogP contribution in [0, 0.1) is 13.8 Å². The first kappa shape index (κ1) is 18.3. The largest absolute Gasteiger partial charge is 0.457 e. The lowest BCUT2D eigenvalue weighted by Crippen LogP contribution is -2.07. The molecule has 26 heavy (non-hydrogen) atoms. The number of hydrogen-bond donors (Lipinski definition) is 1. The van der Waals surface area contributed by atoms with Crippen LogP contribution in [-0.4, -0.2) is 5.91 Å². The zero-order chi connectivity index (χ0) is 18.7. The number of hydrogen-bond acceptors (Lipinski definition) is 2. The zero-order valence-electron chi connectivity index (χ0n) is 14.3. The molecule has 5 heteroatoms. The molecule has 3 rings (SSSR count). The smallest absolute Gasteiger partial charge is 0.248 e. The first-order valence-electron chi connectivity index (χ1n) is 8.04. The average Bonchev–Trinajstić information content (AvgIpc) is 3.08. The zero-order valence-corrected chi connectivity index (χ0v) is 15.9. The van der Waals surface area contributed by atoms with E-state index in [1.165, 1.54) is 6.08 Å². The van der Waals surface area contributed by atoms with E-state index in [4.69, 9.17) is 27.6 Å². The molecule has 1 heterocycles. The van der Waals surface area contributed by atoms with Crippen molar-refractivity contribution >= 4 is 40.9 Å². The number of nitrogens with one attached hydrogen (secondary N) is 1. The Hall–Kier alpha value is -2.49. The van der Waals surface area contributed by atoms with Gasteiger partial charge >= 0.3 is 0 Å². The first-order valence-corrected chi connectivity index (χ1v) is 8.79. The summed E-state index contributed by atoms with van der Waals surface area (Å²) in [6.07, 6.45) is 3.03. The minimum atomic E-state index is -0.263. The second-order valence-corrected chi connectivity index (χ2v) is 6.77. The summed E-state index contributed by atoms with van der Waals surface area (Å²) in [4.78, 5) is 12.0. The molecule has 0 aliphatic carbocycles. The molecule has 2 aromatic carbocycles. The molecule has 1 N–H and O–H groups in total. The second-order valence-electron chi connectivity index (χ2n) is 5.95. The van der Waals surface area contributed by atoms with Crippen molar-refractivity contribution < 1.29 is 9.21 Å². The molecule has 0 aliphatic heterocycles. The van der Waals surface area contributed by atoms with Crippen LogP contribution in [0.2, 0.25) is 10.0 Å². The van der Waals surface area contributed by atoms with Gasteiger partial charge in [0.25, 0.3) is 0 Å². The molecule has 0 spiro atoms. The molecule has 0 saturated heterocycles. The number of rotatable bonds is 4.